The zero-order valence-corrected chi connectivity index (χ0v) is 27.1. The summed E-state index contributed by atoms with van der Waals surface area (Å²) >= 11 is 0. The molecule has 0 unspecified atom stereocenters. The number of halogens is 3. The van der Waals surface area contributed by atoms with Crippen molar-refractivity contribution in [1.29, 1.82) is 0 Å². The number of carbonyl (C=O) groups is 4. The highest BCUT2D eigenvalue weighted by Crippen LogP contribution is 2.48. The molecule has 1 aromatic carbocycles. The number of nitrogens with zero attached hydrogens (tertiary/aromatic N) is 6. The van der Waals surface area contributed by atoms with Gasteiger partial charge in [-0.2, -0.15) is 18.2 Å². The summed E-state index contributed by atoms with van der Waals surface area (Å²) in [5.41, 5.74) is 7.19. The molecule has 1 aliphatic heterocycles. The largest absolute Gasteiger partial charge is 0.471 e. The topological polar surface area (TPSA) is 119 Å². The summed E-state index contributed by atoms with van der Waals surface area (Å²) in [6.45, 7) is 13.6. The number of carbonyl (C=O) groups excluding carboxylic acids is 4. The molecule has 14 heteroatoms. The molecule has 1 aliphatic carbocycles. The van der Waals surface area contributed by atoms with Gasteiger partial charge >= 0.3 is 18.1 Å². The van der Waals surface area contributed by atoms with E-state index in [9.17, 15) is 32.3 Å². The molecule has 4 rings (SSSR count). The predicted octanol–water partition coefficient (Wildman–Crippen LogP) is 5.05. The number of benzene rings is 1. The lowest BCUT2D eigenvalue weighted by Gasteiger charge is -2.27. The van der Waals surface area contributed by atoms with Crippen LogP contribution in [0.2, 0.25) is 0 Å². The minimum absolute atomic E-state index is 0.0887. The number of hydrogen-bond acceptors (Lipinski definition) is 8. The second-order valence-corrected chi connectivity index (χ2v) is 10.8. The van der Waals surface area contributed by atoms with Crippen molar-refractivity contribution < 1.29 is 32.3 Å². The first kappa shape index (κ1) is 36.3. The molecule has 1 N–H and O–H groups in total. The van der Waals surface area contributed by atoms with Crippen molar-refractivity contribution in [2.45, 2.75) is 64.7 Å². The summed E-state index contributed by atoms with van der Waals surface area (Å²) in [4.78, 5) is 64.1. The van der Waals surface area contributed by atoms with Gasteiger partial charge in [-0.15, -0.1) is 0 Å². The number of amides is 4. The van der Waals surface area contributed by atoms with Crippen LogP contribution in [0.4, 0.5) is 41.1 Å². The van der Waals surface area contributed by atoms with Gasteiger partial charge < -0.3 is 20.0 Å². The third kappa shape index (κ3) is 7.81. The molecule has 4 amide bonds. The van der Waals surface area contributed by atoms with E-state index in [1.165, 1.54) is 18.7 Å². The number of aromatic nitrogens is 2. The highest BCUT2D eigenvalue weighted by atomic mass is 19.4. The lowest BCUT2D eigenvalue weighted by molar-refractivity contribution is -0.170. The van der Waals surface area contributed by atoms with E-state index in [-0.39, 0.29) is 42.1 Å². The van der Waals surface area contributed by atoms with Gasteiger partial charge in [0, 0.05) is 26.7 Å². The summed E-state index contributed by atoms with van der Waals surface area (Å²) < 4.78 is 40.2. The van der Waals surface area contributed by atoms with Crippen molar-refractivity contribution >= 4 is 46.8 Å². The molecule has 0 bridgehead atoms. The van der Waals surface area contributed by atoms with Gasteiger partial charge in [0.05, 0.1) is 17.9 Å². The smallest absolute Gasteiger partial charge is 0.358 e. The van der Waals surface area contributed by atoms with Gasteiger partial charge in [-0.05, 0) is 83.5 Å². The van der Waals surface area contributed by atoms with E-state index in [4.69, 9.17) is 0 Å². The van der Waals surface area contributed by atoms with Gasteiger partial charge in [0.2, 0.25) is 5.95 Å². The second-order valence-electron chi connectivity index (χ2n) is 10.8. The number of hydrogen-bond donors (Lipinski definition) is 1. The first-order chi connectivity index (χ1) is 22.2. The molecular weight excluding hydrogens is 615 g/mol. The van der Waals surface area contributed by atoms with E-state index in [2.05, 4.69) is 45.6 Å². The number of urea groups is 1. The Balaban J connectivity index is 0.00000111. The van der Waals surface area contributed by atoms with Crippen LogP contribution >= 0.6 is 0 Å². The Hall–Kier alpha value is -5.15. The molecule has 1 aromatic heterocycles. The summed E-state index contributed by atoms with van der Waals surface area (Å²) in [5, 5.41) is 2.95. The van der Waals surface area contributed by atoms with Crippen LogP contribution < -0.4 is 20.0 Å². The van der Waals surface area contributed by atoms with Crippen LogP contribution in [0.1, 0.15) is 46.1 Å². The van der Waals surface area contributed by atoms with Gasteiger partial charge in [0.15, 0.2) is 11.6 Å². The molecule has 47 heavy (non-hydrogen) atoms. The average molecular weight is 654 g/mol. The van der Waals surface area contributed by atoms with Crippen molar-refractivity contribution in [3.63, 3.8) is 0 Å². The van der Waals surface area contributed by atoms with Crippen molar-refractivity contribution in [1.82, 2.24) is 14.9 Å². The maximum Gasteiger partial charge on any atom is 0.471 e. The lowest BCUT2D eigenvalue weighted by Crippen LogP contribution is -2.42. The van der Waals surface area contributed by atoms with Gasteiger partial charge in [0.1, 0.15) is 11.2 Å². The fraction of sp³-hybridized carbons (Fsp3) is 0.424. The number of ketones is 1. The molecular formula is C33H38F3N7O4. The first-order valence-electron chi connectivity index (χ1n) is 15.0. The first-order valence-corrected chi connectivity index (χ1v) is 15.0. The monoisotopic (exact) mass is 653 g/mol. The minimum Gasteiger partial charge on any atom is -0.358 e. The van der Waals surface area contributed by atoms with Crippen LogP contribution in [-0.4, -0.2) is 82.9 Å². The molecule has 2 aliphatic rings. The number of Topliss-reactive ketones (excluding diaryl/α,β-unsaturated/α-hetero) is 1. The van der Waals surface area contributed by atoms with E-state index >= 15 is 0 Å². The van der Waals surface area contributed by atoms with E-state index in [1.54, 1.807) is 36.2 Å². The minimum atomic E-state index is -5.13. The Kier molecular flexibility index (Phi) is 11.6. The van der Waals surface area contributed by atoms with Crippen molar-refractivity contribution in [3.05, 3.63) is 66.4 Å². The van der Waals surface area contributed by atoms with E-state index in [1.807, 2.05) is 13.8 Å². The lowest BCUT2D eigenvalue weighted by atomic mass is 10.0. The standard InChI is InChI=1S/C28H34F3N7O4.C5H4/c1-6-36(7-2)25-32-16-21(37(8-3)24(41)28(29,30)31)22(34-25)33-20(17(4)39)15-18-9-11-19(12-10-18)38-23(40)27(13-14-27)35(5)26(38)42;1-3-5-4-2/h9-12,16,20H,6-8,13-15H2,1-5H3,(H,32,33,34);1-2H2/t20-;/m0./s1. The number of imide groups is 1. The molecule has 250 valence electrons. The van der Waals surface area contributed by atoms with Crippen molar-refractivity contribution in [2.75, 3.05) is 46.7 Å². The molecule has 2 aromatic rings. The zero-order valence-electron chi connectivity index (χ0n) is 27.1. The van der Waals surface area contributed by atoms with Crippen LogP contribution in [0.25, 0.3) is 0 Å². The molecule has 1 spiro atoms. The SMILES string of the molecule is C=C=C=C=C.CCN(CC)c1ncc(N(CC)C(=O)C(F)(F)F)c(N[C@@H](Cc2ccc(N3C(=O)N(C)C4(CC4)C3=O)cc2)C(C)=O)n1. The highest BCUT2D eigenvalue weighted by molar-refractivity contribution is 6.24. The van der Waals surface area contributed by atoms with E-state index < -0.39 is 29.7 Å². The molecule has 2 fully saturated rings. The molecule has 1 atom stereocenters. The van der Waals surface area contributed by atoms with Gasteiger partial charge in [-0.1, -0.05) is 23.6 Å². The number of nitrogens with one attached hydrogen (secondary N) is 1. The van der Waals surface area contributed by atoms with Crippen molar-refractivity contribution in [3.8, 4) is 0 Å². The van der Waals surface area contributed by atoms with Crippen LogP contribution in [0.15, 0.2) is 60.8 Å². The fourth-order valence-electron chi connectivity index (χ4n) is 5.11. The average Bonchev–Trinajstić information content (AvgIpc) is 3.82. The summed E-state index contributed by atoms with van der Waals surface area (Å²) in [6, 6.07) is 5.27. The molecule has 0 radical (unpaired) electrons. The maximum atomic E-state index is 13.4. The maximum absolute atomic E-state index is 13.4. The van der Waals surface area contributed by atoms with Gasteiger partial charge in [-0.25, -0.2) is 14.7 Å². The van der Waals surface area contributed by atoms with Gasteiger partial charge in [0.25, 0.3) is 5.91 Å². The van der Waals surface area contributed by atoms with Gasteiger partial charge in [-0.3, -0.25) is 14.4 Å². The van der Waals surface area contributed by atoms with Crippen LogP contribution in [0, 0.1) is 0 Å². The highest BCUT2D eigenvalue weighted by Gasteiger charge is 2.63. The molecule has 2 heterocycles. The summed E-state index contributed by atoms with van der Waals surface area (Å²) in [7, 11) is 1.61. The Morgan fingerprint density at radius 1 is 1.06 bits per heavy atom. The third-order valence-electron chi connectivity index (χ3n) is 7.96. The second kappa shape index (κ2) is 15.0. The molecule has 1 saturated heterocycles. The van der Waals surface area contributed by atoms with Crippen LogP contribution in [-0.2, 0) is 20.8 Å². The molecule has 11 nitrogen and oxygen atoms in total. The Bertz CT molecular complexity index is 1610. The van der Waals surface area contributed by atoms with Crippen LogP contribution in [0.5, 0.6) is 0 Å². The number of alkyl halides is 3. The van der Waals surface area contributed by atoms with Crippen molar-refractivity contribution in [2.24, 2.45) is 0 Å². The third-order valence-corrected chi connectivity index (χ3v) is 7.96. The summed E-state index contributed by atoms with van der Waals surface area (Å²) in [6.07, 6.45) is -2.61. The number of anilines is 4. The van der Waals surface area contributed by atoms with Crippen LogP contribution in [0.3, 0.4) is 0 Å². The zero-order chi connectivity index (χ0) is 35.1. The quantitative estimate of drug-likeness (QED) is 0.265. The number of likely N-dealkylation sites (N-methyl/N-ethyl adjacent to an activating group) is 1. The Morgan fingerprint density at radius 2 is 1.66 bits per heavy atom. The van der Waals surface area contributed by atoms with E-state index in [0.717, 1.165) is 11.1 Å². The Morgan fingerprint density at radius 3 is 2.09 bits per heavy atom. The van der Waals surface area contributed by atoms with E-state index in [0.29, 0.717) is 42.1 Å². The number of rotatable bonds is 11. The summed E-state index contributed by atoms with van der Waals surface area (Å²) in [5.74, 6) is -2.52. The normalized spacial score (nSPS) is 15.1. The predicted molar refractivity (Wildman–Crippen MR) is 172 cm³/mol. The fourth-order valence-corrected chi connectivity index (χ4v) is 5.11. The Labute approximate surface area is 271 Å². The molecule has 1 saturated carbocycles.